The van der Waals surface area contributed by atoms with Crippen LogP contribution in [0.2, 0.25) is 0 Å². The zero-order valence-corrected chi connectivity index (χ0v) is 12.0. The van der Waals surface area contributed by atoms with Crippen molar-refractivity contribution in [1.29, 1.82) is 5.26 Å². The minimum Gasteiger partial charge on any atom is -0.356 e. The number of hydrogen-bond donors (Lipinski definition) is 2. The van der Waals surface area contributed by atoms with Gasteiger partial charge in [-0.1, -0.05) is 6.92 Å². The lowest BCUT2D eigenvalue weighted by atomic mass is 9.96. The zero-order valence-electron chi connectivity index (χ0n) is 12.0. The Balaban J connectivity index is 1.73. The molecule has 0 aromatic carbocycles. The molecular weight excluding hydrogens is 252 g/mol. The van der Waals surface area contributed by atoms with Crippen LogP contribution in [0.5, 0.6) is 0 Å². The Morgan fingerprint density at radius 1 is 1.55 bits per heavy atom. The van der Waals surface area contributed by atoms with Crippen LogP contribution in [0.4, 0.5) is 0 Å². The van der Waals surface area contributed by atoms with Crippen molar-refractivity contribution in [2.45, 2.75) is 26.2 Å². The van der Waals surface area contributed by atoms with E-state index >= 15 is 0 Å². The zero-order chi connectivity index (χ0) is 14.4. The fourth-order valence-electron chi connectivity index (χ4n) is 2.65. The molecule has 1 aromatic rings. The lowest BCUT2D eigenvalue weighted by molar-refractivity contribution is 0.0932. The molecule has 108 valence electrons. The van der Waals surface area contributed by atoms with Gasteiger partial charge in [0.1, 0.15) is 11.8 Å². The average Bonchev–Trinajstić information content (AvgIpc) is 2.95. The van der Waals surface area contributed by atoms with Crippen LogP contribution in [0.15, 0.2) is 12.3 Å². The van der Waals surface area contributed by atoms with E-state index in [1.807, 2.05) is 6.07 Å². The van der Waals surface area contributed by atoms with Gasteiger partial charge in [-0.25, -0.2) is 0 Å². The molecule has 0 atom stereocenters. The molecule has 2 heterocycles. The molecular formula is C15H22N4O. The third kappa shape index (κ3) is 3.84. The number of amides is 1. The molecule has 1 aliphatic rings. The molecule has 20 heavy (non-hydrogen) atoms. The number of piperidine rings is 1. The second-order valence-electron chi connectivity index (χ2n) is 5.41. The summed E-state index contributed by atoms with van der Waals surface area (Å²) in [5.41, 5.74) is 0.952. The van der Waals surface area contributed by atoms with E-state index in [-0.39, 0.29) is 5.91 Å². The first kappa shape index (κ1) is 14.6. The Morgan fingerprint density at radius 2 is 2.30 bits per heavy atom. The minimum absolute atomic E-state index is 0.123. The van der Waals surface area contributed by atoms with Gasteiger partial charge >= 0.3 is 0 Å². The molecule has 5 nitrogen and oxygen atoms in total. The number of aromatic amines is 1. The van der Waals surface area contributed by atoms with Crippen molar-refractivity contribution in [3.8, 4) is 6.07 Å². The van der Waals surface area contributed by atoms with E-state index in [1.165, 1.54) is 13.0 Å². The van der Waals surface area contributed by atoms with Crippen LogP contribution in [0.1, 0.15) is 42.2 Å². The molecule has 2 rings (SSSR count). The molecule has 1 fully saturated rings. The highest BCUT2D eigenvalue weighted by Crippen LogP contribution is 2.16. The SMILES string of the molecule is CCCN1CCC(CNC(=O)c2cc(C#N)c[nH]2)CC1. The summed E-state index contributed by atoms with van der Waals surface area (Å²) in [6, 6.07) is 3.59. The summed E-state index contributed by atoms with van der Waals surface area (Å²) < 4.78 is 0. The Morgan fingerprint density at radius 3 is 2.90 bits per heavy atom. The summed E-state index contributed by atoms with van der Waals surface area (Å²) in [5, 5.41) is 11.7. The Labute approximate surface area is 120 Å². The topological polar surface area (TPSA) is 71.9 Å². The molecule has 0 saturated carbocycles. The summed E-state index contributed by atoms with van der Waals surface area (Å²) in [6.45, 7) is 6.38. The van der Waals surface area contributed by atoms with Crippen LogP contribution < -0.4 is 5.32 Å². The van der Waals surface area contributed by atoms with Gasteiger partial charge in [-0.05, 0) is 50.9 Å². The molecule has 5 heteroatoms. The van der Waals surface area contributed by atoms with Gasteiger partial charge in [0.25, 0.3) is 5.91 Å². The number of carbonyl (C=O) groups excluding carboxylic acids is 1. The fraction of sp³-hybridized carbons (Fsp3) is 0.600. The van der Waals surface area contributed by atoms with Crippen molar-refractivity contribution in [2.75, 3.05) is 26.2 Å². The van der Waals surface area contributed by atoms with Crippen LogP contribution >= 0.6 is 0 Å². The third-order valence-corrected chi connectivity index (χ3v) is 3.86. The number of carbonyl (C=O) groups is 1. The van der Waals surface area contributed by atoms with Crippen molar-refractivity contribution < 1.29 is 4.79 Å². The molecule has 0 spiro atoms. The maximum absolute atomic E-state index is 11.9. The second kappa shape index (κ2) is 7.11. The molecule has 2 N–H and O–H groups in total. The predicted molar refractivity (Wildman–Crippen MR) is 77.3 cm³/mol. The van der Waals surface area contributed by atoms with E-state index in [1.54, 1.807) is 12.3 Å². The van der Waals surface area contributed by atoms with E-state index in [4.69, 9.17) is 5.26 Å². The number of nitriles is 1. The van der Waals surface area contributed by atoms with E-state index in [9.17, 15) is 4.79 Å². The Bertz CT molecular complexity index is 480. The van der Waals surface area contributed by atoms with Crippen molar-refractivity contribution in [2.24, 2.45) is 5.92 Å². The smallest absolute Gasteiger partial charge is 0.267 e. The molecule has 1 aliphatic heterocycles. The summed E-state index contributed by atoms with van der Waals surface area (Å²) in [5.74, 6) is 0.444. The van der Waals surface area contributed by atoms with Crippen LogP contribution in [-0.2, 0) is 0 Å². The monoisotopic (exact) mass is 274 g/mol. The van der Waals surface area contributed by atoms with Crippen LogP contribution in [-0.4, -0.2) is 42.0 Å². The van der Waals surface area contributed by atoms with E-state index in [0.29, 0.717) is 17.2 Å². The van der Waals surface area contributed by atoms with Crippen molar-refractivity contribution in [1.82, 2.24) is 15.2 Å². The van der Waals surface area contributed by atoms with E-state index in [2.05, 4.69) is 22.1 Å². The highest BCUT2D eigenvalue weighted by molar-refractivity contribution is 5.92. The molecule has 0 unspecified atom stereocenters. The molecule has 1 amide bonds. The second-order valence-corrected chi connectivity index (χ2v) is 5.41. The quantitative estimate of drug-likeness (QED) is 0.859. The number of likely N-dealkylation sites (tertiary alicyclic amines) is 1. The fourth-order valence-corrected chi connectivity index (χ4v) is 2.65. The van der Waals surface area contributed by atoms with Crippen molar-refractivity contribution in [3.05, 3.63) is 23.5 Å². The van der Waals surface area contributed by atoms with E-state index < -0.39 is 0 Å². The standard InChI is InChI=1S/C15H22N4O/c1-2-5-19-6-3-12(4-7-19)10-18-15(20)14-8-13(9-16)11-17-14/h8,11-12,17H,2-7,10H2,1H3,(H,18,20). The van der Waals surface area contributed by atoms with Gasteiger partial charge in [0, 0.05) is 12.7 Å². The van der Waals surface area contributed by atoms with Gasteiger partial charge in [-0.15, -0.1) is 0 Å². The third-order valence-electron chi connectivity index (χ3n) is 3.86. The molecule has 1 saturated heterocycles. The lowest BCUT2D eigenvalue weighted by Gasteiger charge is -2.31. The number of nitrogens with one attached hydrogen (secondary N) is 2. The first-order valence-electron chi connectivity index (χ1n) is 7.32. The summed E-state index contributed by atoms with van der Waals surface area (Å²) in [7, 11) is 0. The average molecular weight is 274 g/mol. The van der Waals surface area contributed by atoms with Gasteiger partial charge in [-0.2, -0.15) is 5.26 Å². The van der Waals surface area contributed by atoms with Gasteiger partial charge in [-0.3, -0.25) is 4.79 Å². The number of H-pyrrole nitrogens is 1. The number of hydrogen-bond acceptors (Lipinski definition) is 3. The van der Waals surface area contributed by atoms with Gasteiger partial charge in [0.15, 0.2) is 0 Å². The first-order valence-corrected chi connectivity index (χ1v) is 7.32. The Hall–Kier alpha value is -1.80. The highest BCUT2D eigenvalue weighted by Gasteiger charge is 2.19. The minimum atomic E-state index is -0.123. The van der Waals surface area contributed by atoms with Crippen LogP contribution in [0.25, 0.3) is 0 Å². The van der Waals surface area contributed by atoms with Gasteiger partial charge in [0.2, 0.25) is 0 Å². The first-order chi connectivity index (χ1) is 9.72. The highest BCUT2D eigenvalue weighted by atomic mass is 16.1. The normalized spacial score (nSPS) is 16.8. The number of aromatic nitrogens is 1. The molecule has 0 radical (unpaired) electrons. The van der Waals surface area contributed by atoms with Gasteiger partial charge in [0.05, 0.1) is 5.56 Å². The predicted octanol–water partition coefficient (Wildman–Crippen LogP) is 1.74. The molecule has 0 bridgehead atoms. The number of rotatable bonds is 5. The largest absolute Gasteiger partial charge is 0.356 e. The van der Waals surface area contributed by atoms with Crippen molar-refractivity contribution in [3.63, 3.8) is 0 Å². The van der Waals surface area contributed by atoms with E-state index in [0.717, 1.165) is 32.5 Å². The molecule has 1 aromatic heterocycles. The lowest BCUT2D eigenvalue weighted by Crippen LogP contribution is -2.38. The maximum atomic E-state index is 11.9. The van der Waals surface area contributed by atoms with Crippen molar-refractivity contribution >= 4 is 5.91 Å². The van der Waals surface area contributed by atoms with Gasteiger partial charge < -0.3 is 15.2 Å². The summed E-state index contributed by atoms with van der Waals surface area (Å²) in [6.07, 6.45) is 5.05. The van der Waals surface area contributed by atoms with Crippen LogP contribution in [0.3, 0.4) is 0 Å². The maximum Gasteiger partial charge on any atom is 0.267 e. The Kier molecular flexibility index (Phi) is 5.19. The van der Waals surface area contributed by atoms with Crippen LogP contribution in [0, 0.1) is 17.2 Å². The molecule has 0 aliphatic carbocycles. The summed E-state index contributed by atoms with van der Waals surface area (Å²) >= 11 is 0. The summed E-state index contributed by atoms with van der Waals surface area (Å²) in [4.78, 5) is 17.2. The number of nitrogens with zero attached hydrogens (tertiary/aromatic N) is 2.